The molecule has 1 rings (SSSR count). The maximum Gasteiger partial charge on any atom is 0.335 e. The highest BCUT2D eigenvalue weighted by Gasteiger charge is 2.08. The standard InChI is InChI=1S/C16H26N2O3/c1-4-5-14-10-13(16(19)20)11-15(18-14)17-7-9-21-8-6-12(2)3/h10-12H,4-9H2,1-3H3,(H,17,18)(H,19,20). The van der Waals surface area contributed by atoms with Gasteiger partial charge in [0, 0.05) is 18.8 Å². The SMILES string of the molecule is CCCc1cc(C(=O)O)cc(NCCOCCC(C)C)n1. The molecule has 0 aliphatic carbocycles. The molecule has 1 aromatic rings. The first-order valence-corrected chi connectivity index (χ1v) is 7.58. The number of ether oxygens (including phenoxy) is 1. The summed E-state index contributed by atoms with van der Waals surface area (Å²) in [6.45, 7) is 8.35. The summed E-state index contributed by atoms with van der Waals surface area (Å²) >= 11 is 0. The highest BCUT2D eigenvalue weighted by atomic mass is 16.5. The van der Waals surface area contributed by atoms with Crippen LogP contribution in [0.4, 0.5) is 5.82 Å². The van der Waals surface area contributed by atoms with E-state index in [-0.39, 0.29) is 5.56 Å². The molecule has 0 atom stereocenters. The number of rotatable bonds is 10. The molecule has 0 spiro atoms. The molecular weight excluding hydrogens is 268 g/mol. The molecule has 0 saturated carbocycles. The first-order chi connectivity index (χ1) is 10.0. The van der Waals surface area contributed by atoms with Crippen LogP contribution in [-0.4, -0.2) is 35.8 Å². The lowest BCUT2D eigenvalue weighted by molar-refractivity contribution is 0.0696. The fraction of sp³-hybridized carbons (Fsp3) is 0.625. The number of nitrogens with zero attached hydrogens (tertiary/aromatic N) is 1. The highest BCUT2D eigenvalue weighted by molar-refractivity contribution is 5.88. The number of aromatic nitrogens is 1. The van der Waals surface area contributed by atoms with Gasteiger partial charge in [0.2, 0.25) is 0 Å². The summed E-state index contributed by atoms with van der Waals surface area (Å²) in [6.07, 6.45) is 2.77. The Bertz CT molecular complexity index is 447. The number of aryl methyl sites for hydroxylation is 1. The minimum absolute atomic E-state index is 0.275. The van der Waals surface area contributed by atoms with Gasteiger partial charge in [0.15, 0.2) is 0 Å². The number of nitrogens with one attached hydrogen (secondary N) is 1. The normalized spacial score (nSPS) is 10.9. The molecular formula is C16H26N2O3. The van der Waals surface area contributed by atoms with Crippen LogP contribution in [0.5, 0.6) is 0 Å². The Kier molecular flexibility index (Phi) is 7.75. The Balaban J connectivity index is 2.48. The molecule has 0 amide bonds. The van der Waals surface area contributed by atoms with Crippen molar-refractivity contribution in [3.8, 4) is 0 Å². The maximum atomic E-state index is 11.1. The van der Waals surface area contributed by atoms with Crippen LogP contribution in [0.15, 0.2) is 12.1 Å². The Labute approximate surface area is 126 Å². The van der Waals surface area contributed by atoms with E-state index < -0.39 is 5.97 Å². The lowest BCUT2D eigenvalue weighted by Gasteiger charge is -2.10. The van der Waals surface area contributed by atoms with E-state index in [1.54, 1.807) is 12.1 Å². The minimum Gasteiger partial charge on any atom is -0.478 e. The average molecular weight is 294 g/mol. The van der Waals surface area contributed by atoms with Crippen LogP contribution >= 0.6 is 0 Å². The van der Waals surface area contributed by atoms with Crippen LogP contribution < -0.4 is 5.32 Å². The van der Waals surface area contributed by atoms with Gasteiger partial charge in [0.25, 0.3) is 0 Å². The molecule has 0 radical (unpaired) electrons. The molecule has 0 fully saturated rings. The van der Waals surface area contributed by atoms with Crippen LogP contribution in [0.3, 0.4) is 0 Å². The third-order valence-corrected chi connectivity index (χ3v) is 3.02. The summed E-state index contributed by atoms with van der Waals surface area (Å²) in [5, 5.41) is 12.2. The van der Waals surface area contributed by atoms with E-state index >= 15 is 0 Å². The number of pyridine rings is 1. The number of carboxylic acids is 1. The van der Waals surface area contributed by atoms with Crippen LogP contribution in [0.1, 0.15) is 49.7 Å². The molecule has 0 aliphatic heterocycles. The maximum absolute atomic E-state index is 11.1. The van der Waals surface area contributed by atoms with Crippen molar-refractivity contribution < 1.29 is 14.6 Å². The van der Waals surface area contributed by atoms with Gasteiger partial charge in [-0.05, 0) is 30.9 Å². The molecule has 1 heterocycles. The lowest BCUT2D eigenvalue weighted by atomic mass is 10.1. The molecule has 21 heavy (non-hydrogen) atoms. The predicted molar refractivity (Wildman–Crippen MR) is 84.0 cm³/mol. The second kappa shape index (κ2) is 9.34. The fourth-order valence-corrected chi connectivity index (χ4v) is 1.86. The summed E-state index contributed by atoms with van der Waals surface area (Å²) in [4.78, 5) is 15.5. The Hall–Kier alpha value is -1.62. The van der Waals surface area contributed by atoms with Gasteiger partial charge in [0.1, 0.15) is 5.82 Å². The number of aromatic carboxylic acids is 1. The third kappa shape index (κ3) is 7.09. The van der Waals surface area contributed by atoms with Gasteiger partial charge in [-0.2, -0.15) is 0 Å². The van der Waals surface area contributed by atoms with Crippen LogP contribution in [0.25, 0.3) is 0 Å². The van der Waals surface area contributed by atoms with E-state index in [1.165, 1.54) is 0 Å². The van der Waals surface area contributed by atoms with E-state index in [2.05, 4.69) is 24.1 Å². The molecule has 1 aromatic heterocycles. The molecule has 0 aromatic carbocycles. The molecule has 5 heteroatoms. The number of anilines is 1. The van der Waals surface area contributed by atoms with Crippen LogP contribution in [0.2, 0.25) is 0 Å². The van der Waals surface area contributed by atoms with Crippen LogP contribution in [0, 0.1) is 5.92 Å². The van der Waals surface area contributed by atoms with Gasteiger partial charge in [0.05, 0.1) is 12.2 Å². The summed E-state index contributed by atoms with van der Waals surface area (Å²) in [5.41, 5.74) is 1.08. The highest BCUT2D eigenvalue weighted by Crippen LogP contribution is 2.12. The Morgan fingerprint density at radius 3 is 2.76 bits per heavy atom. The van der Waals surface area contributed by atoms with Gasteiger partial charge in [-0.15, -0.1) is 0 Å². The van der Waals surface area contributed by atoms with Gasteiger partial charge in [-0.3, -0.25) is 0 Å². The molecule has 5 nitrogen and oxygen atoms in total. The van der Waals surface area contributed by atoms with Crippen molar-refractivity contribution >= 4 is 11.8 Å². The van der Waals surface area contributed by atoms with Crippen molar-refractivity contribution in [2.75, 3.05) is 25.1 Å². The summed E-state index contributed by atoms with van der Waals surface area (Å²) < 4.78 is 5.52. The Morgan fingerprint density at radius 2 is 2.14 bits per heavy atom. The quantitative estimate of drug-likeness (QED) is 0.648. The number of hydrogen-bond donors (Lipinski definition) is 2. The molecule has 0 unspecified atom stereocenters. The fourth-order valence-electron chi connectivity index (χ4n) is 1.86. The molecule has 118 valence electrons. The first kappa shape index (κ1) is 17.4. The smallest absolute Gasteiger partial charge is 0.335 e. The summed E-state index contributed by atoms with van der Waals surface area (Å²) in [6, 6.07) is 3.20. The first-order valence-electron chi connectivity index (χ1n) is 7.58. The van der Waals surface area contributed by atoms with Crippen molar-refractivity contribution in [1.82, 2.24) is 4.98 Å². The zero-order chi connectivity index (χ0) is 15.7. The number of carboxylic acid groups (broad SMARTS) is 1. The molecule has 0 saturated heterocycles. The largest absolute Gasteiger partial charge is 0.478 e. The zero-order valence-electron chi connectivity index (χ0n) is 13.2. The monoisotopic (exact) mass is 294 g/mol. The van der Waals surface area contributed by atoms with Crippen molar-refractivity contribution in [2.24, 2.45) is 5.92 Å². The van der Waals surface area contributed by atoms with Crippen LogP contribution in [-0.2, 0) is 11.2 Å². The van der Waals surface area contributed by atoms with E-state index in [1.807, 2.05) is 6.92 Å². The molecule has 2 N–H and O–H groups in total. The topological polar surface area (TPSA) is 71.5 Å². The van der Waals surface area contributed by atoms with Gasteiger partial charge in [-0.25, -0.2) is 9.78 Å². The average Bonchev–Trinajstić information content (AvgIpc) is 2.42. The second-order valence-electron chi connectivity index (χ2n) is 5.51. The number of carbonyl (C=O) groups is 1. The second-order valence-corrected chi connectivity index (χ2v) is 5.51. The van der Waals surface area contributed by atoms with Gasteiger partial charge >= 0.3 is 5.97 Å². The Morgan fingerprint density at radius 1 is 1.38 bits per heavy atom. The van der Waals surface area contributed by atoms with Crippen molar-refractivity contribution in [1.29, 1.82) is 0 Å². The van der Waals surface area contributed by atoms with E-state index in [9.17, 15) is 4.79 Å². The minimum atomic E-state index is -0.925. The van der Waals surface area contributed by atoms with E-state index in [0.717, 1.165) is 31.6 Å². The van der Waals surface area contributed by atoms with Gasteiger partial charge < -0.3 is 15.2 Å². The van der Waals surface area contributed by atoms with Crippen molar-refractivity contribution in [2.45, 2.75) is 40.0 Å². The summed E-state index contributed by atoms with van der Waals surface area (Å²) in [5.74, 6) is 0.320. The predicted octanol–water partition coefficient (Wildman–Crippen LogP) is 3.21. The summed E-state index contributed by atoms with van der Waals surface area (Å²) in [7, 11) is 0. The van der Waals surface area contributed by atoms with Gasteiger partial charge in [-0.1, -0.05) is 27.2 Å². The van der Waals surface area contributed by atoms with E-state index in [0.29, 0.717) is 24.9 Å². The lowest BCUT2D eigenvalue weighted by Crippen LogP contribution is -2.13. The molecule has 0 bridgehead atoms. The van der Waals surface area contributed by atoms with E-state index in [4.69, 9.17) is 9.84 Å². The zero-order valence-corrected chi connectivity index (χ0v) is 13.2. The van der Waals surface area contributed by atoms with Crippen molar-refractivity contribution in [3.05, 3.63) is 23.4 Å². The third-order valence-electron chi connectivity index (χ3n) is 3.02. The number of hydrogen-bond acceptors (Lipinski definition) is 4. The van der Waals surface area contributed by atoms with Crippen molar-refractivity contribution in [3.63, 3.8) is 0 Å². The molecule has 0 aliphatic rings.